The lowest BCUT2D eigenvalue weighted by Crippen LogP contribution is -2.55. The van der Waals surface area contributed by atoms with Crippen molar-refractivity contribution in [3.8, 4) is 0 Å². The van der Waals surface area contributed by atoms with Crippen LogP contribution in [0.25, 0.3) is 0 Å². The number of carbonyl (C=O) groups excluding carboxylic acids is 1. The Morgan fingerprint density at radius 3 is 2.30 bits per heavy atom. The fraction of sp³-hybridized carbons (Fsp3) is 0.455. The fourth-order valence-corrected chi connectivity index (χ4v) is 3.41. The molecule has 1 aliphatic heterocycles. The van der Waals surface area contributed by atoms with Gasteiger partial charge in [-0.05, 0) is 30.2 Å². The summed E-state index contributed by atoms with van der Waals surface area (Å²) in [6.07, 6.45) is 1.53. The van der Waals surface area contributed by atoms with Crippen molar-refractivity contribution in [1.29, 1.82) is 0 Å². The Kier molecular flexibility index (Phi) is 9.48. The molecule has 2 heterocycles. The first-order chi connectivity index (χ1) is 14.1. The van der Waals surface area contributed by atoms with Gasteiger partial charge in [-0.2, -0.15) is 0 Å². The number of nitrogens with zero attached hydrogens (tertiary/aromatic N) is 3. The van der Waals surface area contributed by atoms with Crippen molar-refractivity contribution >= 4 is 41.5 Å². The summed E-state index contributed by atoms with van der Waals surface area (Å²) >= 11 is 0. The minimum atomic E-state index is -0.0514. The van der Waals surface area contributed by atoms with Gasteiger partial charge in [0, 0.05) is 51.5 Å². The summed E-state index contributed by atoms with van der Waals surface area (Å²) in [6, 6.07) is 14.0. The number of furan rings is 1. The Morgan fingerprint density at radius 2 is 1.73 bits per heavy atom. The molecule has 0 radical (unpaired) electrons. The van der Waals surface area contributed by atoms with Crippen LogP contribution >= 0.6 is 24.0 Å². The first-order valence-corrected chi connectivity index (χ1v) is 10.2. The largest absolute Gasteiger partial charge is 0.459 e. The van der Waals surface area contributed by atoms with E-state index in [1.165, 1.54) is 6.26 Å². The van der Waals surface area contributed by atoms with Gasteiger partial charge in [0.1, 0.15) is 0 Å². The zero-order valence-electron chi connectivity index (χ0n) is 17.9. The summed E-state index contributed by atoms with van der Waals surface area (Å²) in [4.78, 5) is 20.9. The highest BCUT2D eigenvalue weighted by Gasteiger charge is 2.25. The topological polar surface area (TPSA) is 73.1 Å². The number of rotatable bonds is 6. The molecular formula is C22H32IN5O2. The summed E-state index contributed by atoms with van der Waals surface area (Å²) < 4.78 is 5.23. The van der Waals surface area contributed by atoms with Gasteiger partial charge in [0.15, 0.2) is 11.7 Å². The van der Waals surface area contributed by atoms with Crippen LogP contribution in [0, 0.1) is 5.92 Å². The Labute approximate surface area is 195 Å². The van der Waals surface area contributed by atoms with Gasteiger partial charge in [0.2, 0.25) is 0 Å². The number of benzene rings is 1. The first kappa shape index (κ1) is 24.0. The van der Waals surface area contributed by atoms with Crippen LogP contribution in [0.1, 0.15) is 24.4 Å². The van der Waals surface area contributed by atoms with E-state index in [1.54, 1.807) is 19.2 Å². The van der Waals surface area contributed by atoms with Crippen LogP contribution in [0.15, 0.2) is 58.1 Å². The Morgan fingerprint density at radius 1 is 1.07 bits per heavy atom. The second-order valence-corrected chi connectivity index (χ2v) is 7.55. The molecule has 1 unspecified atom stereocenters. The molecule has 1 amide bonds. The second kappa shape index (κ2) is 11.8. The number of aliphatic imine (C=N–C) groups is 1. The van der Waals surface area contributed by atoms with E-state index < -0.39 is 0 Å². The van der Waals surface area contributed by atoms with Gasteiger partial charge < -0.3 is 24.9 Å². The van der Waals surface area contributed by atoms with Gasteiger partial charge in [-0.1, -0.05) is 32.0 Å². The Bertz CT molecular complexity index is 787. The van der Waals surface area contributed by atoms with Crippen LogP contribution < -0.4 is 10.6 Å². The minimum Gasteiger partial charge on any atom is -0.459 e. The molecule has 2 aromatic rings. The molecule has 3 rings (SSSR count). The van der Waals surface area contributed by atoms with Crippen LogP contribution in [0.3, 0.4) is 0 Å². The maximum absolute atomic E-state index is 12.4. The summed E-state index contributed by atoms with van der Waals surface area (Å²) in [5, 5.41) is 7.10. The fourth-order valence-electron chi connectivity index (χ4n) is 3.41. The van der Waals surface area contributed by atoms with Crippen molar-refractivity contribution in [3.63, 3.8) is 0 Å². The van der Waals surface area contributed by atoms with Crippen molar-refractivity contribution in [2.45, 2.75) is 19.9 Å². The van der Waals surface area contributed by atoms with Crippen LogP contribution in [0.5, 0.6) is 0 Å². The number of carbonyl (C=O) groups is 1. The lowest BCUT2D eigenvalue weighted by atomic mass is 10.0. The van der Waals surface area contributed by atoms with E-state index in [1.807, 2.05) is 23.1 Å². The minimum absolute atomic E-state index is 0. The van der Waals surface area contributed by atoms with E-state index in [2.05, 4.69) is 46.5 Å². The average molecular weight is 525 g/mol. The number of guanidine groups is 1. The maximum Gasteiger partial charge on any atom is 0.289 e. The zero-order chi connectivity index (χ0) is 20.6. The third kappa shape index (κ3) is 6.38. The zero-order valence-corrected chi connectivity index (χ0v) is 20.2. The molecular weight excluding hydrogens is 493 g/mol. The molecule has 1 aromatic carbocycles. The van der Waals surface area contributed by atoms with E-state index in [-0.39, 0.29) is 35.9 Å². The molecule has 0 bridgehead atoms. The van der Waals surface area contributed by atoms with Crippen molar-refractivity contribution in [3.05, 3.63) is 54.5 Å². The van der Waals surface area contributed by atoms with Gasteiger partial charge in [0.25, 0.3) is 5.91 Å². The van der Waals surface area contributed by atoms with Crippen molar-refractivity contribution in [1.82, 2.24) is 15.1 Å². The van der Waals surface area contributed by atoms with Gasteiger partial charge in [-0.3, -0.25) is 9.79 Å². The quantitative estimate of drug-likeness (QED) is 0.344. The average Bonchev–Trinajstić information content (AvgIpc) is 3.29. The molecule has 0 saturated carbocycles. The lowest BCUT2D eigenvalue weighted by molar-refractivity contribution is 0.0657. The van der Waals surface area contributed by atoms with E-state index in [0.29, 0.717) is 24.8 Å². The molecule has 1 saturated heterocycles. The van der Waals surface area contributed by atoms with E-state index >= 15 is 0 Å². The van der Waals surface area contributed by atoms with Crippen molar-refractivity contribution in [2.75, 3.05) is 45.1 Å². The maximum atomic E-state index is 12.4. The highest BCUT2D eigenvalue weighted by atomic mass is 127. The summed E-state index contributed by atoms with van der Waals surface area (Å²) in [5.41, 5.74) is 1.12. The number of halogens is 1. The Balaban J connectivity index is 0.00000320. The SMILES string of the molecule is CN=C(NCC(Nc1ccccc1)C(C)C)N1CCN(C(=O)c2ccco2)CC1.I. The number of amides is 1. The van der Waals surface area contributed by atoms with E-state index in [9.17, 15) is 4.79 Å². The van der Waals surface area contributed by atoms with Gasteiger partial charge >= 0.3 is 0 Å². The van der Waals surface area contributed by atoms with Gasteiger partial charge in [0.05, 0.1) is 6.26 Å². The molecule has 1 aromatic heterocycles. The molecule has 1 fully saturated rings. The summed E-state index contributed by atoms with van der Waals surface area (Å²) in [7, 11) is 1.80. The summed E-state index contributed by atoms with van der Waals surface area (Å²) in [5.74, 6) is 1.68. The molecule has 1 aliphatic rings. The molecule has 2 N–H and O–H groups in total. The number of anilines is 1. The number of hydrogen-bond donors (Lipinski definition) is 2. The number of nitrogens with one attached hydrogen (secondary N) is 2. The van der Waals surface area contributed by atoms with Crippen molar-refractivity contribution < 1.29 is 9.21 Å². The third-order valence-electron chi connectivity index (χ3n) is 5.22. The molecule has 0 aliphatic carbocycles. The monoisotopic (exact) mass is 525 g/mol. The third-order valence-corrected chi connectivity index (χ3v) is 5.22. The molecule has 0 spiro atoms. The lowest BCUT2D eigenvalue weighted by Gasteiger charge is -2.36. The predicted molar refractivity (Wildman–Crippen MR) is 132 cm³/mol. The van der Waals surface area contributed by atoms with Crippen molar-refractivity contribution in [2.24, 2.45) is 10.9 Å². The molecule has 30 heavy (non-hydrogen) atoms. The van der Waals surface area contributed by atoms with Crippen LogP contribution in [-0.2, 0) is 0 Å². The van der Waals surface area contributed by atoms with Crippen LogP contribution in [-0.4, -0.2) is 67.5 Å². The van der Waals surface area contributed by atoms with Crippen LogP contribution in [0.4, 0.5) is 5.69 Å². The number of hydrogen-bond acceptors (Lipinski definition) is 4. The molecule has 1 atom stereocenters. The van der Waals surface area contributed by atoms with Crippen LogP contribution in [0.2, 0.25) is 0 Å². The smallest absolute Gasteiger partial charge is 0.289 e. The number of piperazine rings is 1. The normalized spacial score (nSPS) is 15.5. The molecule has 8 heteroatoms. The van der Waals surface area contributed by atoms with Gasteiger partial charge in [-0.25, -0.2) is 0 Å². The first-order valence-electron chi connectivity index (χ1n) is 10.2. The number of para-hydroxylation sites is 1. The summed E-state index contributed by atoms with van der Waals surface area (Å²) in [6.45, 7) is 7.97. The standard InChI is InChI=1S/C22H31N5O2.HI/c1-17(2)19(25-18-8-5-4-6-9-18)16-24-22(23-3)27-13-11-26(12-14-27)21(28)20-10-7-15-29-20;/h4-10,15,17,19,25H,11-14,16H2,1-3H3,(H,23,24);1H. The van der Waals surface area contributed by atoms with Gasteiger partial charge in [-0.15, -0.1) is 24.0 Å². The molecule has 7 nitrogen and oxygen atoms in total. The second-order valence-electron chi connectivity index (χ2n) is 7.55. The molecule has 164 valence electrons. The highest BCUT2D eigenvalue weighted by molar-refractivity contribution is 14.0. The Hall–Kier alpha value is -2.23. The van der Waals surface area contributed by atoms with E-state index in [4.69, 9.17) is 4.42 Å². The highest BCUT2D eigenvalue weighted by Crippen LogP contribution is 2.13. The van der Waals surface area contributed by atoms with E-state index in [0.717, 1.165) is 31.3 Å². The predicted octanol–water partition coefficient (Wildman–Crippen LogP) is 3.37.